The zero-order valence-electron chi connectivity index (χ0n) is 16.9. The topological polar surface area (TPSA) is 61.8 Å². The lowest BCUT2D eigenvalue weighted by Crippen LogP contribution is -2.46. The Kier molecular flexibility index (Phi) is 9.95. The predicted molar refractivity (Wildman–Crippen MR) is 127 cm³/mol. The third kappa shape index (κ3) is 7.09. The Morgan fingerprint density at radius 3 is 2.25 bits per heavy atom. The number of rotatable bonds is 7. The van der Waals surface area contributed by atoms with Crippen LogP contribution in [0.2, 0.25) is 0 Å². The van der Waals surface area contributed by atoms with Crippen LogP contribution in [-0.2, 0) is 16.4 Å². The van der Waals surface area contributed by atoms with E-state index in [1.54, 1.807) is 31.3 Å². The van der Waals surface area contributed by atoms with Crippen molar-refractivity contribution in [3.63, 3.8) is 0 Å². The maximum Gasteiger partial charge on any atom is 0.193 e. The highest BCUT2D eigenvalue weighted by Gasteiger charge is 2.21. The van der Waals surface area contributed by atoms with Gasteiger partial charge in [0.1, 0.15) is 0 Å². The summed E-state index contributed by atoms with van der Waals surface area (Å²) in [6.07, 6.45) is 0.684. The van der Waals surface area contributed by atoms with Crippen LogP contribution >= 0.6 is 24.0 Å². The number of benzene rings is 2. The Balaban J connectivity index is 0.00000392. The summed E-state index contributed by atoms with van der Waals surface area (Å²) in [6, 6.07) is 16.7. The number of nitrogens with zero attached hydrogens (tertiary/aromatic N) is 2. The monoisotopic (exact) mass is 515 g/mol. The Morgan fingerprint density at radius 1 is 1.11 bits per heavy atom. The fraction of sp³-hybridized carbons (Fsp3) is 0.381. The van der Waals surface area contributed by atoms with Crippen LogP contribution in [0.15, 0.2) is 64.5 Å². The van der Waals surface area contributed by atoms with Crippen molar-refractivity contribution in [2.45, 2.75) is 37.8 Å². The van der Waals surface area contributed by atoms with Gasteiger partial charge in [0, 0.05) is 26.7 Å². The standard InChI is InChI=1S/C21H29N3O2S.HI/c1-5-19(16-27(25,26)20-9-7-6-8-10-20)23-21(22-3)24(4)15-18-13-11-17(2)12-14-18;/h6-14,19H,5,15-16H2,1-4H3,(H,22,23);1H. The van der Waals surface area contributed by atoms with Gasteiger partial charge >= 0.3 is 0 Å². The van der Waals surface area contributed by atoms with Gasteiger partial charge in [0.2, 0.25) is 0 Å². The fourth-order valence-electron chi connectivity index (χ4n) is 2.82. The van der Waals surface area contributed by atoms with Crippen LogP contribution in [0.25, 0.3) is 0 Å². The number of aliphatic imine (C=N–C) groups is 1. The van der Waals surface area contributed by atoms with Crippen molar-refractivity contribution in [1.29, 1.82) is 0 Å². The number of halogens is 1. The highest BCUT2D eigenvalue weighted by Crippen LogP contribution is 2.13. The maximum absolute atomic E-state index is 12.7. The van der Waals surface area contributed by atoms with Crippen LogP contribution in [-0.4, -0.2) is 45.2 Å². The Morgan fingerprint density at radius 2 is 1.71 bits per heavy atom. The van der Waals surface area contributed by atoms with Crippen molar-refractivity contribution in [3.8, 4) is 0 Å². The first-order chi connectivity index (χ1) is 12.9. The van der Waals surface area contributed by atoms with E-state index in [2.05, 4.69) is 41.5 Å². The predicted octanol–water partition coefficient (Wildman–Crippen LogP) is 3.87. The van der Waals surface area contributed by atoms with E-state index in [9.17, 15) is 8.42 Å². The number of nitrogens with one attached hydrogen (secondary N) is 1. The van der Waals surface area contributed by atoms with Gasteiger partial charge < -0.3 is 10.2 Å². The van der Waals surface area contributed by atoms with Gasteiger partial charge in [-0.05, 0) is 31.0 Å². The maximum atomic E-state index is 12.7. The van der Waals surface area contributed by atoms with Crippen molar-refractivity contribution in [2.75, 3.05) is 19.8 Å². The normalized spacial score (nSPS) is 12.8. The van der Waals surface area contributed by atoms with Crippen LogP contribution in [0.5, 0.6) is 0 Å². The molecule has 0 fully saturated rings. The van der Waals surface area contributed by atoms with Crippen molar-refractivity contribution in [3.05, 3.63) is 65.7 Å². The Hall–Kier alpha value is -1.61. The molecule has 2 rings (SSSR count). The molecule has 0 bridgehead atoms. The van der Waals surface area contributed by atoms with E-state index in [0.29, 0.717) is 23.8 Å². The molecule has 0 heterocycles. The first-order valence-corrected chi connectivity index (χ1v) is 10.8. The molecule has 2 aromatic carbocycles. The summed E-state index contributed by atoms with van der Waals surface area (Å²) in [7, 11) is 0.316. The highest BCUT2D eigenvalue weighted by molar-refractivity contribution is 14.0. The smallest absolute Gasteiger partial charge is 0.193 e. The summed E-state index contributed by atoms with van der Waals surface area (Å²) in [4.78, 5) is 6.69. The van der Waals surface area contributed by atoms with Crippen LogP contribution in [0.4, 0.5) is 0 Å². The number of aryl methyl sites for hydroxylation is 1. The second-order valence-corrected chi connectivity index (χ2v) is 8.77. The average molecular weight is 515 g/mol. The minimum absolute atomic E-state index is 0. The Labute approximate surface area is 186 Å². The summed E-state index contributed by atoms with van der Waals surface area (Å²) < 4.78 is 25.3. The van der Waals surface area contributed by atoms with Crippen molar-refractivity contribution < 1.29 is 8.42 Å². The highest BCUT2D eigenvalue weighted by atomic mass is 127. The number of guanidine groups is 1. The molecule has 0 aliphatic rings. The third-order valence-electron chi connectivity index (χ3n) is 4.46. The summed E-state index contributed by atoms with van der Waals surface area (Å²) in [5, 5.41) is 3.31. The molecule has 2 aromatic rings. The van der Waals surface area contributed by atoms with Crippen molar-refractivity contribution in [1.82, 2.24) is 10.2 Å². The molecule has 5 nitrogen and oxygen atoms in total. The quantitative estimate of drug-likeness (QED) is 0.346. The largest absolute Gasteiger partial charge is 0.352 e. The first-order valence-electron chi connectivity index (χ1n) is 9.13. The van der Waals surface area contributed by atoms with Gasteiger partial charge in [-0.3, -0.25) is 4.99 Å². The fourth-order valence-corrected chi connectivity index (χ4v) is 4.43. The molecule has 0 saturated carbocycles. The molecule has 28 heavy (non-hydrogen) atoms. The summed E-state index contributed by atoms with van der Waals surface area (Å²) in [5.41, 5.74) is 2.40. The van der Waals surface area contributed by atoms with Gasteiger partial charge in [-0.25, -0.2) is 8.42 Å². The molecule has 1 N–H and O–H groups in total. The van der Waals surface area contributed by atoms with Gasteiger partial charge in [0.05, 0.1) is 10.6 Å². The van der Waals surface area contributed by atoms with E-state index in [1.807, 2.05) is 24.9 Å². The van der Waals surface area contributed by atoms with Gasteiger partial charge in [-0.1, -0.05) is 55.0 Å². The minimum Gasteiger partial charge on any atom is -0.352 e. The summed E-state index contributed by atoms with van der Waals surface area (Å²) in [5.74, 6) is 0.718. The lowest BCUT2D eigenvalue weighted by Gasteiger charge is -2.26. The molecule has 0 amide bonds. The van der Waals surface area contributed by atoms with Crippen LogP contribution in [0.1, 0.15) is 24.5 Å². The van der Waals surface area contributed by atoms with Crippen LogP contribution in [0, 0.1) is 6.92 Å². The molecule has 0 aromatic heterocycles. The molecule has 0 saturated heterocycles. The van der Waals surface area contributed by atoms with Gasteiger partial charge in [0.15, 0.2) is 15.8 Å². The van der Waals surface area contributed by atoms with Gasteiger partial charge in [-0.15, -0.1) is 24.0 Å². The zero-order chi connectivity index (χ0) is 19.9. The van der Waals surface area contributed by atoms with Crippen LogP contribution in [0.3, 0.4) is 0 Å². The van der Waals surface area contributed by atoms with Crippen LogP contribution < -0.4 is 5.32 Å². The van der Waals surface area contributed by atoms with Gasteiger partial charge in [0.25, 0.3) is 0 Å². The molecule has 0 radical (unpaired) electrons. The number of sulfone groups is 1. The second-order valence-electron chi connectivity index (χ2n) is 6.73. The Bertz CT molecular complexity index is 853. The number of hydrogen-bond acceptors (Lipinski definition) is 3. The lowest BCUT2D eigenvalue weighted by atomic mass is 10.1. The van der Waals surface area contributed by atoms with Crippen molar-refractivity contribution >= 4 is 39.8 Å². The molecule has 154 valence electrons. The van der Waals surface area contributed by atoms with Crippen molar-refractivity contribution in [2.24, 2.45) is 4.99 Å². The van der Waals surface area contributed by atoms with E-state index in [4.69, 9.17) is 0 Å². The second kappa shape index (κ2) is 11.4. The molecule has 0 spiro atoms. The molecular formula is C21H30IN3O2S. The first kappa shape index (κ1) is 24.4. The van der Waals surface area contributed by atoms with E-state index in [0.717, 1.165) is 0 Å². The summed E-state index contributed by atoms with van der Waals surface area (Å²) in [6.45, 7) is 4.74. The van der Waals surface area contributed by atoms with E-state index >= 15 is 0 Å². The molecule has 0 aliphatic heterocycles. The lowest BCUT2D eigenvalue weighted by molar-refractivity contribution is 0.460. The van der Waals surface area contributed by atoms with E-state index < -0.39 is 9.84 Å². The van der Waals surface area contributed by atoms with Gasteiger partial charge in [-0.2, -0.15) is 0 Å². The van der Waals surface area contributed by atoms with E-state index in [-0.39, 0.29) is 35.8 Å². The third-order valence-corrected chi connectivity index (χ3v) is 6.29. The molecule has 1 unspecified atom stereocenters. The SMILES string of the molecule is CCC(CS(=O)(=O)c1ccccc1)NC(=NC)N(C)Cc1ccc(C)cc1.I. The molecule has 1 atom stereocenters. The van der Waals surface area contributed by atoms with E-state index in [1.165, 1.54) is 11.1 Å². The molecular weight excluding hydrogens is 485 g/mol. The molecule has 7 heteroatoms. The minimum atomic E-state index is -3.35. The summed E-state index contributed by atoms with van der Waals surface area (Å²) >= 11 is 0. The molecule has 0 aliphatic carbocycles. The number of hydrogen-bond donors (Lipinski definition) is 1. The average Bonchev–Trinajstić information content (AvgIpc) is 2.67. The zero-order valence-corrected chi connectivity index (χ0v) is 20.1.